The SMILES string of the molecule is CC1O[C@H](O)[C@@](O)(F)[C@@H](O)[C@H]1O.O=C(CO)n1c(=O)[nH]cc(-c2ccco2)c1=O. The molecular formula is C16H19FN2O10. The van der Waals surface area contributed by atoms with Crippen molar-refractivity contribution in [3.63, 3.8) is 0 Å². The van der Waals surface area contributed by atoms with E-state index in [1.54, 1.807) is 6.07 Å². The van der Waals surface area contributed by atoms with E-state index in [1.807, 2.05) is 0 Å². The molecule has 3 heterocycles. The van der Waals surface area contributed by atoms with Gasteiger partial charge in [-0.1, -0.05) is 0 Å². The van der Waals surface area contributed by atoms with Gasteiger partial charge in [-0.3, -0.25) is 9.59 Å². The quantitative estimate of drug-likeness (QED) is 0.304. The number of furan rings is 1. The molecule has 0 amide bonds. The van der Waals surface area contributed by atoms with E-state index in [1.165, 1.54) is 19.3 Å². The van der Waals surface area contributed by atoms with Crippen molar-refractivity contribution < 1.29 is 43.9 Å². The second-order valence-corrected chi connectivity index (χ2v) is 6.03. The maximum Gasteiger partial charge on any atom is 0.335 e. The zero-order valence-corrected chi connectivity index (χ0v) is 14.9. The second kappa shape index (κ2) is 8.77. The highest BCUT2D eigenvalue weighted by atomic mass is 19.2. The number of halogens is 1. The number of aromatic nitrogens is 2. The van der Waals surface area contributed by atoms with Gasteiger partial charge < -0.3 is 39.7 Å². The summed E-state index contributed by atoms with van der Waals surface area (Å²) in [5, 5.41) is 44.1. The number of ether oxygens (including phenoxy) is 1. The van der Waals surface area contributed by atoms with E-state index in [9.17, 15) is 18.8 Å². The van der Waals surface area contributed by atoms with Gasteiger partial charge in [0.15, 0.2) is 0 Å². The minimum absolute atomic E-state index is 0.0383. The van der Waals surface area contributed by atoms with Crippen LogP contribution in [0.3, 0.4) is 0 Å². The predicted molar refractivity (Wildman–Crippen MR) is 91.4 cm³/mol. The molecular weight excluding hydrogens is 399 g/mol. The van der Waals surface area contributed by atoms with E-state index < -0.39 is 54.2 Å². The number of aliphatic hydroxyl groups excluding tert-OH is 4. The van der Waals surface area contributed by atoms with Gasteiger partial charge in [-0.15, -0.1) is 0 Å². The van der Waals surface area contributed by atoms with Gasteiger partial charge in [0.25, 0.3) is 17.3 Å². The third-order valence-electron chi connectivity index (χ3n) is 4.06. The van der Waals surface area contributed by atoms with E-state index in [4.69, 9.17) is 29.9 Å². The Bertz CT molecular complexity index is 951. The van der Waals surface area contributed by atoms with E-state index in [-0.39, 0.29) is 11.3 Å². The maximum atomic E-state index is 12.9. The molecule has 0 aliphatic carbocycles. The molecule has 29 heavy (non-hydrogen) atoms. The largest absolute Gasteiger partial charge is 0.464 e. The number of hydrogen-bond acceptors (Lipinski definition) is 10. The van der Waals surface area contributed by atoms with E-state index >= 15 is 0 Å². The summed E-state index contributed by atoms with van der Waals surface area (Å²) in [5.41, 5.74) is -1.69. The number of carbonyl (C=O) groups is 1. The number of rotatable bonds is 2. The number of nitrogens with one attached hydrogen (secondary N) is 1. The second-order valence-electron chi connectivity index (χ2n) is 6.03. The van der Waals surface area contributed by atoms with Gasteiger partial charge >= 0.3 is 5.69 Å². The average molecular weight is 418 g/mol. The Hall–Kier alpha value is -2.68. The molecule has 1 aliphatic rings. The standard InChI is InChI=1S/C10H8N2O5.C6H11FO5/c13-5-8(14)12-9(15)6(4-11-10(12)16)7-2-1-3-17-7;1-2-3(8)4(9)6(7,11)5(10)12-2/h1-4,13H,5H2,(H,11,16);2-5,8-11H,1H3/t;2?,3-,4-,5-,6+/m.0/s1. The van der Waals surface area contributed by atoms with Crippen molar-refractivity contribution in [3.8, 4) is 11.3 Å². The van der Waals surface area contributed by atoms with Gasteiger partial charge in [0, 0.05) is 6.20 Å². The van der Waals surface area contributed by atoms with Crippen LogP contribution in [-0.2, 0) is 4.74 Å². The molecule has 0 spiro atoms. The first-order chi connectivity index (χ1) is 13.5. The summed E-state index contributed by atoms with van der Waals surface area (Å²) in [7, 11) is 0. The van der Waals surface area contributed by atoms with Crippen molar-refractivity contribution in [3.05, 3.63) is 45.4 Å². The molecule has 0 radical (unpaired) electrons. The minimum atomic E-state index is -3.31. The first-order valence-electron chi connectivity index (χ1n) is 8.16. The lowest BCUT2D eigenvalue weighted by molar-refractivity contribution is -0.365. The van der Waals surface area contributed by atoms with Gasteiger partial charge in [0.1, 0.15) is 24.6 Å². The first kappa shape index (κ1) is 22.6. The zero-order valence-electron chi connectivity index (χ0n) is 14.9. The van der Waals surface area contributed by atoms with E-state index in [0.717, 1.165) is 6.20 Å². The molecule has 0 bridgehead atoms. The van der Waals surface area contributed by atoms with E-state index in [2.05, 4.69) is 9.72 Å². The van der Waals surface area contributed by atoms with Crippen molar-refractivity contribution in [2.45, 2.75) is 37.4 Å². The highest BCUT2D eigenvalue weighted by Gasteiger charge is 2.54. The first-order valence-corrected chi connectivity index (χ1v) is 8.16. The van der Waals surface area contributed by atoms with Gasteiger partial charge in [-0.2, -0.15) is 4.57 Å². The van der Waals surface area contributed by atoms with Crippen molar-refractivity contribution in [1.29, 1.82) is 0 Å². The van der Waals surface area contributed by atoms with Crippen LogP contribution in [0.1, 0.15) is 11.7 Å². The fourth-order valence-electron chi connectivity index (χ4n) is 2.40. The number of nitrogens with zero attached hydrogens (tertiary/aromatic N) is 1. The highest BCUT2D eigenvalue weighted by Crippen LogP contribution is 2.29. The van der Waals surface area contributed by atoms with Crippen LogP contribution in [0.15, 0.2) is 38.6 Å². The Kier molecular flexibility index (Phi) is 6.84. The summed E-state index contributed by atoms with van der Waals surface area (Å²) in [5.74, 6) is -4.08. The smallest absolute Gasteiger partial charge is 0.335 e. The summed E-state index contributed by atoms with van der Waals surface area (Å²) in [6.07, 6.45) is -4.15. The number of aliphatic hydroxyl groups is 5. The molecule has 160 valence electrons. The van der Waals surface area contributed by atoms with Gasteiger partial charge in [0.05, 0.1) is 17.9 Å². The molecule has 5 atom stereocenters. The van der Waals surface area contributed by atoms with Crippen LogP contribution >= 0.6 is 0 Å². The van der Waals surface area contributed by atoms with Crippen molar-refractivity contribution in [2.75, 3.05) is 6.61 Å². The molecule has 6 N–H and O–H groups in total. The molecule has 3 rings (SSSR count). The molecule has 1 saturated heterocycles. The Morgan fingerprint density at radius 1 is 1.34 bits per heavy atom. The summed E-state index contributed by atoms with van der Waals surface area (Å²) >= 11 is 0. The predicted octanol–water partition coefficient (Wildman–Crippen LogP) is -2.47. The number of carbonyl (C=O) groups excluding carboxylic acids is 1. The molecule has 13 heteroatoms. The Balaban J connectivity index is 0.000000221. The van der Waals surface area contributed by atoms with Crippen molar-refractivity contribution in [2.24, 2.45) is 0 Å². The van der Waals surface area contributed by atoms with Crippen molar-refractivity contribution in [1.82, 2.24) is 9.55 Å². The molecule has 2 aromatic heterocycles. The third-order valence-corrected chi connectivity index (χ3v) is 4.06. The summed E-state index contributed by atoms with van der Waals surface area (Å²) in [6.45, 7) is 0.414. The van der Waals surface area contributed by atoms with Crippen LogP contribution in [0, 0.1) is 0 Å². The maximum absolute atomic E-state index is 12.9. The fourth-order valence-corrected chi connectivity index (χ4v) is 2.40. The number of H-pyrrole nitrogens is 1. The zero-order chi connectivity index (χ0) is 21.9. The van der Waals surface area contributed by atoms with Gasteiger partial charge in [0.2, 0.25) is 6.29 Å². The Labute approximate surface area is 161 Å². The fraction of sp³-hybridized carbons (Fsp3) is 0.438. The molecule has 1 aliphatic heterocycles. The van der Waals surface area contributed by atoms with Crippen LogP contribution in [0.25, 0.3) is 11.3 Å². The normalized spacial score (nSPS) is 29.1. The van der Waals surface area contributed by atoms with Crippen LogP contribution in [0.4, 0.5) is 4.39 Å². The number of hydrogen-bond donors (Lipinski definition) is 6. The van der Waals surface area contributed by atoms with Crippen LogP contribution in [-0.4, -0.2) is 78.1 Å². The summed E-state index contributed by atoms with van der Waals surface area (Å²) in [6, 6.07) is 3.08. The molecule has 0 aromatic carbocycles. The lowest BCUT2D eigenvalue weighted by Gasteiger charge is -2.40. The third kappa shape index (κ3) is 4.50. The topological polar surface area (TPSA) is 195 Å². The van der Waals surface area contributed by atoms with Crippen molar-refractivity contribution >= 4 is 5.91 Å². The van der Waals surface area contributed by atoms with Crippen LogP contribution in [0.5, 0.6) is 0 Å². The van der Waals surface area contributed by atoms with Crippen LogP contribution < -0.4 is 11.2 Å². The van der Waals surface area contributed by atoms with Gasteiger partial charge in [-0.05, 0) is 19.1 Å². The summed E-state index contributed by atoms with van der Waals surface area (Å²) < 4.78 is 22.6. The number of alkyl halides is 1. The molecule has 0 saturated carbocycles. The van der Waals surface area contributed by atoms with Gasteiger partial charge in [-0.25, -0.2) is 9.18 Å². The molecule has 1 fully saturated rings. The Morgan fingerprint density at radius 3 is 2.55 bits per heavy atom. The Morgan fingerprint density at radius 2 is 2.00 bits per heavy atom. The monoisotopic (exact) mass is 418 g/mol. The molecule has 12 nitrogen and oxygen atoms in total. The lowest BCUT2D eigenvalue weighted by Crippen LogP contribution is -2.63. The molecule has 2 aromatic rings. The van der Waals surface area contributed by atoms with E-state index in [0.29, 0.717) is 4.57 Å². The minimum Gasteiger partial charge on any atom is -0.464 e. The molecule has 1 unspecified atom stereocenters. The number of aromatic amines is 1. The average Bonchev–Trinajstić information content (AvgIpc) is 3.20. The highest BCUT2D eigenvalue weighted by molar-refractivity contribution is 5.80. The lowest BCUT2D eigenvalue weighted by atomic mass is 9.98. The summed E-state index contributed by atoms with van der Waals surface area (Å²) in [4.78, 5) is 36.6. The van der Waals surface area contributed by atoms with Crippen LogP contribution in [0.2, 0.25) is 0 Å².